The van der Waals surface area contributed by atoms with E-state index in [1.807, 2.05) is 32.7 Å². The van der Waals surface area contributed by atoms with Crippen LogP contribution in [0, 0.1) is 11.5 Å². The minimum atomic E-state index is -3.67. The van der Waals surface area contributed by atoms with E-state index in [1.165, 1.54) is 4.90 Å². The topological polar surface area (TPSA) is 27.0 Å². The van der Waals surface area contributed by atoms with Crippen LogP contribution < -0.4 is 4.70 Å². The molecule has 0 fully saturated rings. The van der Waals surface area contributed by atoms with Gasteiger partial charge in [0.15, 0.2) is 6.19 Å². The molecule has 84 valence electrons. The first-order chi connectivity index (χ1) is 6.37. The van der Waals surface area contributed by atoms with Gasteiger partial charge in [0.05, 0.1) is 26.5 Å². The third-order valence-corrected chi connectivity index (χ3v) is 1.34. The molecule has 1 aliphatic heterocycles. The molecule has 0 atom stereocenters. The minimum Gasteiger partial charge on any atom is -1.00 e. The van der Waals surface area contributed by atoms with Crippen LogP contribution in [0.4, 0.5) is 12.9 Å². The van der Waals surface area contributed by atoms with Crippen molar-refractivity contribution in [2.24, 2.45) is 0 Å². The molecule has 0 saturated heterocycles. The van der Waals surface area contributed by atoms with Crippen LogP contribution in [0.5, 0.6) is 0 Å². The van der Waals surface area contributed by atoms with Gasteiger partial charge in [0.2, 0.25) is 0 Å². The molecule has 0 amide bonds. The molecule has 0 saturated carbocycles. The molecule has 0 unspecified atom stereocenters. The Hall–Kier alpha value is -1.49. The highest BCUT2D eigenvalue weighted by Crippen LogP contribution is 2.07. The largest absolute Gasteiger partial charge is 1.00 e. The molecule has 15 heavy (non-hydrogen) atoms. The third-order valence-electron chi connectivity index (χ3n) is 1.34. The number of rotatable bonds is 0. The lowest BCUT2D eigenvalue weighted by Gasteiger charge is -2.23. The molecule has 1 rings (SSSR count). The molecule has 1 heterocycles. The van der Waals surface area contributed by atoms with E-state index >= 15 is 0 Å². The van der Waals surface area contributed by atoms with Crippen LogP contribution in [0.2, 0.25) is 0 Å². The Morgan fingerprint density at radius 2 is 1.53 bits per heavy atom. The van der Waals surface area contributed by atoms with Gasteiger partial charge in [-0.25, -0.2) is 0 Å². The molecular weight excluding hydrogens is 213 g/mol. The quantitative estimate of drug-likeness (QED) is 0.220. The summed E-state index contributed by atoms with van der Waals surface area (Å²) < 4.78 is 29.7. The Bertz CT molecular complexity index is 253. The molecule has 0 bridgehead atoms. The van der Waals surface area contributed by atoms with Gasteiger partial charge < -0.3 is 4.70 Å². The molecule has 0 radical (unpaired) electrons. The lowest BCUT2D eigenvalue weighted by molar-refractivity contribution is -0.785. The normalized spacial score (nSPS) is 15.6. The zero-order valence-corrected chi connectivity index (χ0v) is 8.24. The van der Waals surface area contributed by atoms with Crippen molar-refractivity contribution in [3.05, 3.63) is 24.8 Å². The van der Waals surface area contributed by atoms with Crippen molar-refractivity contribution in [3.63, 3.8) is 0 Å². The summed E-state index contributed by atoms with van der Waals surface area (Å²) in [6.45, 7) is 0. The van der Waals surface area contributed by atoms with E-state index in [4.69, 9.17) is 5.26 Å². The standard InChI is InChI=1S/C7H10N3.BF3.FH/c1-10(2)5-3-9(7-8)4-6-10;2-1(3)4;/h3-6H,1-2H3;;1H/q+1;;/p-1. The molecule has 0 aliphatic carbocycles. The molecule has 0 N–H and O–H groups in total. The highest BCUT2D eigenvalue weighted by molar-refractivity contribution is 6.33. The van der Waals surface area contributed by atoms with Gasteiger partial charge in [-0.15, -0.1) is 0 Å². The van der Waals surface area contributed by atoms with Gasteiger partial charge in [-0.05, 0) is 0 Å². The van der Waals surface area contributed by atoms with Crippen molar-refractivity contribution < 1.29 is 22.1 Å². The Morgan fingerprint density at radius 3 is 1.80 bits per heavy atom. The number of hydrogen-bond donors (Lipinski definition) is 0. The predicted molar refractivity (Wildman–Crippen MR) is 46.9 cm³/mol. The maximum Gasteiger partial charge on any atom is 0.762 e. The summed E-state index contributed by atoms with van der Waals surface area (Å²) in [5.41, 5.74) is 0. The number of nitriles is 1. The second kappa shape index (κ2) is 6.89. The van der Waals surface area contributed by atoms with E-state index < -0.39 is 7.54 Å². The summed E-state index contributed by atoms with van der Waals surface area (Å²) in [5, 5.41) is 8.43. The summed E-state index contributed by atoms with van der Waals surface area (Å²) in [7, 11) is 0.392. The van der Waals surface area contributed by atoms with Crippen molar-refractivity contribution in [3.8, 4) is 6.19 Å². The molecule has 3 nitrogen and oxygen atoms in total. The average molecular weight is 223 g/mol. The van der Waals surface area contributed by atoms with Gasteiger partial charge in [-0.2, -0.15) is 5.26 Å². The maximum atomic E-state index is 9.67. The monoisotopic (exact) mass is 223 g/mol. The second-order valence-electron chi connectivity index (χ2n) is 2.98. The van der Waals surface area contributed by atoms with E-state index in [0.717, 1.165) is 0 Å². The van der Waals surface area contributed by atoms with E-state index in [0.29, 0.717) is 4.48 Å². The van der Waals surface area contributed by atoms with Crippen molar-refractivity contribution in [2.45, 2.75) is 0 Å². The van der Waals surface area contributed by atoms with Gasteiger partial charge in [0.25, 0.3) is 0 Å². The van der Waals surface area contributed by atoms with E-state index in [-0.39, 0.29) is 4.70 Å². The zero-order valence-electron chi connectivity index (χ0n) is 8.24. The number of nitrogens with zero attached hydrogens (tertiary/aromatic N) is 3. The third kappa shape index (κ3) is 8.83. The fraction of sp³-hybridized carbons (Fsp3) is 0.286. The zero-order chi connectivity index (χ0) is 11.2. The van der Waals surface area contributed by atoms with Crippen LogP contribution in [0.25, 0.3) is 0 Å². The SMILES string of the molecule is C[N+]1(C)C=CN(C#N)C=C1.FB(F)F.[F-]. The van der Waals surface area contributed by atoms with Gasteiger partial charge in [0.1, 0.15) is 12.4 Å². The van der Waals surface area contributed by atoms with Crippen LogP contribution in [-0.2, 0) is 0 Å². The molecule has 0 aromatic heterocycles. The van der Waals surface area contributed by atoms with Crippen LogP contribution in [0.1, 0.15) is 0 Å². The lowest BCUT2D eigenvalue weighted by Crippen LogP contribution is -3.00. The van der Waals surface area contributed by atoms with E-state index in [2.05, 4.69) is 0 Å². The van der Waals surface area contributed by atoms with Gasteiger partial charge in [0, 0.05) is 0 Å². The first-order valence-electron chi connectivity index (χ1n) is 3.70. The van der Waals surface area contributed by atoms with Gasteiger partial charge in [-0.1, -0.05) is 0 Å². The Balaban J connectivity index is 0. The predicted octanol–water partition coefficient (Wildman–Crippen LogP) is -1.31. The van der Waals surface area contributed by atoms with Crippen LogP contribution in [-0.4, -0.2) is 31.0 Å². The molecule has 0 aromatic rings. The summed E-state index contributed by atoms with van der Waals surface area (Å²) in [6, 6.07) is 0. The summed E-state index contributed by atoms with van der Waals surface area (Å²) >= 11 is 0. The summed E-state index contributed by atoms with van der Waals surface area (Å²) in [6.07, 6.45) is 9.36. The fourth-order valence-corrected chi connectivity index (χ4v) is 0.653. The first-order valence-corrected chi connectivity index (χ1v) is 3.70. The average Bonchev–Trinajstić information content (AvgIpc) is 2.03. The van der Waals surface area contributed by atoms with Crippen molar-refractivity contribution in [1.82, 2.24) is 4.90 Å². The second-order valence-corrected chi connectivity index (χ2v) is 2.98. The van der Waals surface area contributed by atoms with Crippen LogP contribution in [0.3, 0.4) is 0 Å². The summed E-state index contributed by atoms with van der Waals surface area (Å²) in [5.74, 6) is 0. The molecule has 0 aromatic carbocycles. The van der Waals surface area contributed by atoms with Crippen molar-refractivity contribution in [1.29, 1.82) is 5.26 Å². The van der Waals surface area contributed by atoms with E-state index in [1.54, 1.807) is 12.4 Å². The molecule has 8 heteroatoms. The highest BCUT2D eigenvalue weighted by atomic mass is 19.4. The minimum absolute atomic E-state index is 0. The lowest BCUT2D eigenvalue weighted by atomic mass is 10.5. The van der Waals surface area contributed by atoms with Crippen molar-refractivity contribution >= 4 is 7.54 Å². The number of quaternary nitrogens is 1. The smallest absolute Gasteiger partial charge is 0.762 e. The Kier molecular flexibility index (Phi) is 7.34. The number of halogens is 4. The Morgan fingerprint density at radius 1 is 1.20 bits per heavy atom. The molecule has 0 spiro atoms. The highest BCUT2D eigenvalue weighted by Gasteiger charge is 2.11. The first kappa shape index (κ1) is 16.0. The van der Waals surface area contributed by atoms with Crippen molar-refractivity contribution in [2.75, 3.05) is 14.1 Å². The van der Waals surface area contributed by atoms with Gasteiger partial charge >= 0.3 is 7.54 Å². The number of hydrogen-bond acceptors (Lipinski definition) is 2. The summed E-state index contributed by atoms with van der Waals surface area (Å²) in [4.78, 5) is 1.46. The van der Waals surface area contributed by atoms with E-state index in [9.17, 15) is 12.9 Å². The molecular formula is C7H10BF4N3. The van der Waals surface area contributed by atoms with Gasteiger partial charge in [-0.3, -0.25) is 22.3 Å². The fourth-order valence-electron chi connectivity index (χ4n) is 0.653. The van der Waals surface area contributed by atoms with Crippen LogP contribution in [0.15, 0.2) is 24.8 Å². The molecule has 1 aliphatic rings. The maximum absolute atomic E-state index is 9.67. The van der Waals surface area contributed by atoms with Crippen LogP contribution >= 0.6 is 0 Å². The Labute approximate surface area is 85.9 Å².